The predicted molar refractivity (Wildman–Crippen MR) is 81.4 cm³/mol. The predicted octanol–water partition coefficient (Wildman–Crippen LogP) is 3.79. The Kier molecular flexibility index (Phi) is 4.39. The molecule has 4 aliphatic carbocycles. The van der Waals surface area contributed by atoms with Crippen LogP contribution in [0.2, 0.25) is 0 Å². The lowest BCUT2D eigenvalue weighted by atomic mass is 9.52. The molecule has 4 fully saturated rings. The molecule has 118 valence electrons. The Labute approximate surface area is 128 Å². The zero-order valence-corrected chi connectivity index (χ0v) is 13.3. The summed E-state index contributed by atoms with van der Waals surface area (Å²) in [6, 6.07) is 0. The molecule has 0 amide bonds. The first kappa shape index (κ1) is 15.1. The maximum atomic E-state index is 11.4. The van der Waals surface area contributed by atoms with Crippen molar-refractivity contribution in [2.75, 3.05) is 6.61 Å². The number of hydrogen-bond donors (Lipinski definition) is 0. The topological polar surface area (TPSA) is 35.5 Å². The number of carbonyl (C=O) groups is 1. The smallest absolute Gasteiger partial charge is 0.332 e. The van der Waals surface area contributed by atoms with Gasteiger partial charge >= 0.3 is 5.97 Å². The quantitative estimate of drug-likeness (QED) is 0.424. The van der Waals surface area contributed by atoms with Gasteiger partial charge in [0, 0.05) is 12.0 Å². The van der Waals surface area contributed by atoms with Crippen LogP contribution in [0.5, 0.6) is 0 Å². The molecule has 0 N–H and O–H groups in total. The lowest BCUT2D eigenvalue weighted by molar-refractivity contribution is -0.195. The number of rotatable bonds is 6. The van der Waals surface area contributed by atoms with Gasteiger partial charge < -0.3 is 9.47 Å². The summed E-state index contributed by atoms with van der Waals surface area (Å²) in [6.07, 6.45) is 7.86. The molecule has 4 rings (SSSR count). The summed E-state index contributed by atoms with van der Waals surface area (Å²) in [4.78, 5) is 11.4. The van der Waals surface area contributed by atoms with E-state index in [4.69, 9.17) is 9.47 Å². The van der Waals surface area contributed by atoms with Gasteiger partial charge in [-0.25, -0.2) is 4.79 Å². The molecule has 0 heterocycles. The lowest BCUT2D eigenvalue weighted by Gasteiger charge is -2.54. The van der Waals surface area contributed by atoms with Crippen LogP contribution in [-0.4, -0.2) is 18.9 Å². The molecular weight excluding hydrogens is 264 g/mol. The van der Waals surface area contributed by atoms with E-state index in [1.807, 2.05) is 13.8 Å². The summed E-state index contributed by atoms with van der Waals surface area (Å²) < 4.78 is 11.3. The second-order valence-electron chi connectivity index (χ2n) is 7.68. The Bertz CT molecular complexity index is 373. The van der Waals surface area contributed by atoms with Gasteiger partial charge in [-0.2, -0.15) is 0 Å². The molecule has 0 aromatic carbocycles. The van der Waals surface area contributed by atoms with Crippen LogP contribution < -0.4 is 0 Å². The summed E-state index contributed by atoms with van der Waals surface area (Å²) in [7, 11) is 0. The first-order valence-corrected chi connectivity index (χ1v) is 8.51. The standard InChI is InChI=1S/C18H28O3/c1-4-17(19)21-18(11(2)3)20-10-16-14-6-12-5-13(8-14)9-15(16)7-12/h4,11-16,18H,1,5-10H2,2-3H3. The SMILES string of the molecule is C=CC(=O)OC(OCC1C2CC3CC(C2)CC1C3)C(C)C. The molecule has 0 aromatic rings. The summed E-state index contributed by atoms with van der Waals surface area (Å²) >= 11 is 0. The third-order valence-corrected chi connectivity index (χ3v) is 5.82. The summed E-state index contributed by atoms with van der Waals surface area (Å²) in [5.74, 6) is 4.14. The second-order valence-corrected chi connectivity index (χ2v) is 7.68. The molecule has 3 nitrogen and oxygen atoms in total. The molecule has 1 atom stereocenters. The van der Waals surface area contributed by atoms with E-state index in [0.717, 1.165) is 30.3 Å². The number of carbonyl (C=O) groups excluding carboxylic acids is 1. The van der Waals surface area contributed by atoms with Crippen LogP contribution in [0.15, 0.2) is 12.7 Å². The number of hydrogen-bond acceptors (Lipinski definition) is 3. The Morgan fingerprint density at radius 2 is 1.71 bits per heavy atom. The lowest BCUT2D eigenvalue weighted by Crippen LogP contribution is -2.47. The number of esters is 1. The molecule has 3 heteroatoms. The highest BCUT2D eigenvalue weighted by atomic mass is 16.7. The molecule has 0 radical (unpaired) electrons. The van der Waals surface area contributed by atoms with Gasteiger partial charge in [-0.15, -0.1) is 0 Å². The number of ether oxygens (including phenoxy) is 2. The summed E-state index contributed by atoms with van der Waals surface area (Å²) in [5.41, 5.74) is 0. The van der Waals surface area contributed by atoms with E-state index in [1.54, 1.807) is 0 Å². The molecule has 0 aliphatic heterocycles. The van der Waals surface area contributed by atoms with Crippen molar-refractivity contribution in [2.24, 2.45) is 35.5 Å². The molecule has 4 saturated carbocycles. The van der Waals surface area contributed by atoms with Crippen LogP contribution in [0, 0.1) is 35.5 Å². The average Bonchev–Trinajstić information content (AvgIpc) is 2.43. The van der Waals surface area contributed by atoms with Gasteiger partial charge in [0.2, 0.25) is 6.29 Å². The van der Waals surface area contributed by atoms with Gasteiger partial charge in [-0.1, -0.05) is 20.4 Å². The van der Waals surface area contributed by atoms with Crippen molar-refractivity contribution in [3.8, 4) is 0 Å². The molecule has 0 spiro atoms. The van der Waals surface area contributed by atoms with Crippen molar-refractivity contribution in [1.29, 1.82) is 0 Å². The van der Waals surface area contributed by atoms with Crippen molar-refractivity contribution in [2.45, 2.75) is 52.2 Å². The van der Waals surface area contributed by atoms with Crippen LogP contribution in [0.3, 0.4) is 0 Å². The van der Waals surface area contributed by atoms with Crippen molar-refractivity contribution in [1.82, 2.24) is 0 Å². The fourth-order valence-corrected chi connectivity index (χ4v) is 5.04. The first-order valence-electron chi connectivity index (χ1n) is 8.51. The van der Waals surface area contributed by atoms with Crippen molar-refractivity contribution < 1.29 is 14.3 Å². The fourth-order valence-electron chi connectivity index (χ4n) is 5.04. The van der Waals surface area contributed by atoms with E-state index in [2.05, 4.69) is 6.58 Å². The van der Waals surface area contributed by atoms with Gasteiger partial charge in [0.25, 0.3) is 0 Å². The van der Waals surface area contributed by atoms with Crippen LogP contribution in [0.25, 0.3) is 0 Å². The van der Waals surface area contributed by atoms with E-state index in [1.165, 1.54) is 38.2 Å². The maximum absolute atomic E-state index is 11.4. The van der Waals surface area contributed by atoms with Crippen LogP contribution in [0.4, 0.5) is 0 Å². The highest BCUT2D eigenvalue weighted by molar-refractivity contribution is 5.81. The normalized spacial score (nSPS) is 38.5. The van der Waals surface area contributed by atoms with Gasteiger partial charge in [0.1, 0.15) is 0 Å². The first-order chi connectivity index (χ1) is 10.1. The van der Waals surface area contributed by atoms with Crippen LogP contribution in [-0.2, 0) is 14.3 Å². The third-order valence-electron chi connectivity index (χ3n) is 5.82. The zero-order valence-electron chi connectivity index (χ0n) is 13.3. The van der Waals surface area contributed by atoms with Crippen LogP contribution in [0.1, 0.15) is 46.0 Å². The molecule has 0 saturated heterocycles. The van der Waals surface area contributed by atoms with E-state index in [-0.39, 0.29) is 5.92 Å². The van der Waals surface area contributed by atoms with Crippen molar-refractivity contribution in [3.05, 3.63) is 12.7 Å². The van der Waals surface area contributed by atoms with Crippen LogP contribution >= 0.6 is 0 Å². The molecule has 21 heavy (non-hydrogen) atoms. The maximum Gasteiger partial charge on any atom is 0.332 e. The Morgan fingerprint density at radius 1 is 1.14 bits per heavy atom. The molecule has 4 bridgehead atoms. The van der Waals surface area contributed by atoms with E-state index in [9.17, 15) is 4.79 Å². The Balaban J connectivity index is 1.56. The van der Waals surface area contributed by atoms with Crippen molar-refractivity contribution in [3.63, 3.8) is 0 Å². The minimum Gasteiger partial charge on any atom is -0.432 e. The average molecular weight is 292 g/mol. The van der Waals surface area contributed by atoms with E-state index in [0.29, 0.717) is 5.92 Å². The van der Waals surface area contributed by atoms with Gasteiger partial charge in [-0.05, 0) is 61.7 Å². The highest BCUT2D eigenvalue weighted by Gasteiger charge is 2.48. The molecule has 0 aromatic heterocycles. The van der Waals surface area contributed by atoms with Gasteiger partial charge in [0.15, 0.2) is 0 Å². The molecule has 1 unspecified atom stereocenters. The van der Waals surface area contributed by atoms with Gasteiger partial charge in [0.05, 0.1) is 6.61 Å². The molecular formula is C18H28O3. The minimum atomic E-state index is -0.437. The highest BCUT2D eigenvalue weighted by Crippen LogP contribution is 2.56. The Hall–Kier alpha value is -0.830. The minimum absolute atomic E-state index is 0.172. The summed E-state index contributed by atoms with van der Waals surface area (Å²) in [6.45, 7) is 8.26. The second kappa shape index (κ2) is 6.12. The molecule has 4 aliphatic rings. The fraction of sp³-hybridized carbons (Fsp3) is 0.833. The third kappa shape index (κ3) is 3.18. The largest absolute Gasteiger partial charge is 0.432 e. The van der Waals surface area contributed by atoms with E-state index >= 15 is 0 Å². The van der Waals surface area contributed by atoms with Crippen molar-refractivity contribution >= 4 is 5.97 Å². The monoisotopic (exact) mass is 292 g/mol. The summed E-state index contributed by atoms with van der Waals surface area (Å²) in [5, 5.41) is 0. The van der Waals surface area contributed by atoms with E-state index < -0.39 is 12.3 Å². The van der Waals surface area contributed by atoms with Gasteiger partial charge in [-0.3, -0.25) is 0 Å². The zero-order chi connectivity index (χ0) is 15.0. The Morgan fingerprint density at radius 3 is 2.19 bits per heavy atom.